The van der Waals surface area contributed by atoms with Crippen molar-refractivity contribution >= 4 is 27.5 Å². The molecule has 0 atom stereocenters. The smallest absolute Gasteiger partial charge is 0.277 e. The van der Waals surface area contributed by atoms with Crippen LogP contribution in [-0.2, 0) is 0 Å². The van der Waals surface area contributed by atoms with Crippen molar-refractivity contribution in [2.24, 2.45) is 0 Å². The molecule has 0 aliphatic heterocycles. The molecule has 1 fully saturated rings. The fourth-order valence-electron chi connectivity index (χ4n) is 2.51. The molecular formula is C15H13BrN6O2. The number of aromatic amines is 1. The van der Waals surface area contributed by atoms with Crippen LogP contribution in [0.3, 0.4) is 0 Å². The monoisotopic (exact) mass is 388 g/mol. The molecule has 0 bridgehead atoms. The zero-order valence-corrected chi connectivity index (χ0v) is 14.1. The second-order valence-electron chi connectivity index (χ2n) is 5.58. The number of oxazole rings is 1. The summed E-state index contributed by atoms with van der Waals surface area (Å²) in [7, 11) is 0. The van der Waals surface area contributed by atoms with E-state index in [4.69, 9.17) is 4.42 Å². The van der Waals surface area contributed by atoms with Crippen molar-refractivity contribution in [1.82, 2.24) is 25.6 Å². The Hall–Kier alpha value is -2.55. The number of carbonyl (C=O) groups is 1. The van der Waals surface area contributed by atoms with Crippen LogP contribution >= 0.6 is 15.9 Å². The molecule has 0 saturated heterocycles. The lowest BCUT2D eigenvalue weighted by Gasteiger charge is -2.21. The van der Waals surface area contributed by atoms with E-state index in [1.54, 1.807) is 6.07 Å². The molecule has 4 rings (SSSR count). The minimum atomic E-state index is -0.337. The van der Waals surface area contributed by atoms with Gasteiger partial charge in [0, 0.05) is 16.0 Å². The highest BCUT2D eigenvalue weighted by molar-refractivity contribution is 9.10. The largest absolute Gasteiger partial charge is 0.448 e. The molecule has 8 nitrogen and oxygen atoms in total. The fraction of sp³-hybridized carbons (Fsp3) is 0.267. The zero-order chi connectivity index (χ0) is 16.5. The topological polar surface area (TPSA) is 110 Å². The van der Waals surface area contributed by atoms with Crippen LogP contribution in [0.1, 0.15) is 41.6 Å². The molecule has 0 radical (unpaired) electrons. The maximum absolute atomic E-state index is 12.5. The SMILES string of the molecule is O=C(Nc1ccc(Br)cc1-c1nn[nH]n1)c1coc(C2CCC2)n1. The van der Waals surface area contributed by atoms with Crippen LogP contribution in [0.15, 0.2) is 33.4 Å². The lowest BCUT2D eigenvalue weighted by atomic mass is 9.85. The predicted octanol–water partition coefficient (Wildman–Crippen LogP) is 3.14. The molecule has 0 unspecified atom stereocenters. The van der Waals surface area contributed by atoms with Gasteiger partial charge in [-0.15, -0.1) is 10.2 Å². The Bertz CT molecular complexity index is 872. The molecule has 24 heavy (non-hydrogen) atoms. The predicted molar refractivity (Wildman–Crippen MR) is 88.4 cm³/mol. The summed E-state index contributed by atoms with van der Waals surface area (Å²) in [6, 6.07) is 5.39. The highest BCUT2D eigenvalue weighted by Crippen LogP contribution is 2.35. The number of halogens is 1. The third kappa shape index (κ3) is 2.82. The number of nitrogens with zero attached hydrogens (tertiary/aromatic N) is 4. The van der Waals surface area contributed by atoms with E-state index in [-0.39, 0.29) is 11.6 Å². The number of tetrazole rings is 1. The Labute approximate surface area is 145 Å². The van der Waals surface area contributed by atoms with Crippen molar-refractivity contribution in [2.75, 3.05) is 5.32 Å². The van der Waals surface area contributed by atoms with Crippen molar-refractivity contribution in [1.29, 1.82) is 0 Å². The average Bonchev–Trinajstić information content (AvgIpc) is 3.18. The summed E-state index contributed by atoms with van der Waals surface area (Å²) in [5, 5.41) is 16.7. The van der Waals surface area contributed by atoms with E-state index in [1.807, 2.05) is 12.1 Å². The number of amides is 1. The van der Waals surface area contributed by atoms with Gasteiger partial charge in [0.2, 0.25) is 5.82 Å². The van der Waals surface area contributed by atoms with Crippen LogP contribution in [0, 0.1) is 0 Å². The Morgan fingerprint density at radius 1 is 1.38 bits per heavy atom. The minimum absolute atomic E-state index is 0.263. The van der Waals surface area contributed by atoms with Crippen LogP contribution in [0.5, 0.6) is 0 Å². The molecule has 2 heterocycles. The number of aromatic nitrogens is 5. The molecule has 9 heteroatoms. The lowest BCUT2D eigenvalue weighted by Crippen LogP contribution is -2.14. The maximum atomic E-state index is 12.5. The number of anilines is 1. The number of hydrogen-bond acceptors (Lipinski definition) is 6. The molecule has 1 aliphatic carbocycles. The molecule has 3 aromatic rings. The number of rotatable bonds is 4. The Morgan fingerprint density at radius 2 is 2.25 bits per heavy atom. The molecule has 1 aliphatic rings. The normalized spacial score (nSPS) is 14.4. The summed E-state index contributed by atoms with van der Waals surface area (Å²) in [4.78, 5) is 16.8. The molecule has 1 saturated carbocycles. The van der Waals surface area contributed by atoms with E-state index in [0.717, 1.165) is 17.3 Å². The van der Waals surface area contributed by atoms with Gasteiger partial charge in [0.05, 0.1) is 5.69 Å². The number of benzene rings is 1. The molecule has 122 valence electrons. The van der Waals surface area contributed by atoms with Gasteiger partial charge in [0.25, 0.3) is 5.91 Å². The molecular weight excluding hydrogens is 376 g/mol. The second kappa shape index (κ2) is 6.16. The van der Waals surface area contributed by atoms with Gasteiger partial charge in [-0.25, -0.2) is 4.98 Å². The molecule has 1 aromatic carbocycles. The lowest BCUT2D eigenvalue weighted by molar-refractivity contribution is 0.102. The maximum Gasteiger partial charge on any atom is 0.277 e. The first kappa shape index (κ1) is 15.0. The molecule has 1 amide bonds. The number of hydrogen-bond donors (Lipinski definition) is 2. The summed E-state index contributed by atoms with van der Waals surface area (Å²) in [5.74, 6) is 1.04. The quantitative estimate of drug-likeness (QED) is 0.710. The average molecular weight is 389 g/mol. The zero-order valence-electron chi connectivity index (χ0n) is 12.5. The summed E-state index contributed by atoms with van der Waals surface area (Å²) < 4.78 is 6.27. The Balaban J connectivity index is 1.58. The highest BCUT2D eigenvalue weighted by atomic mass is 79.9. The van der Waals surface area contributed by atoms with E-state index < -0.39 is 0 Å². The van der Waals surface area contributed by atoms with Gasteiger partial charge in [-0.1, -0.05) is 22.4 Å². The van der Waals surface area contributed by atoms with Gasteiger partial charge in [-0.2, -0.15) is 5.21 Å². The van der Waals surface area contributed by atoms with Gasteiger partial charge in [0.1, 0.15) is 6.26 Å². The minimum Gasteiger partial charge on any atom is -0.448 e. The van der Waals surface area contributed by atoms with Crippen LogP contribution in [0.4, 0.5) is 5.69 Å². The van der Waals surface area contributed by atoms with Gasteiger partial charge in [-0.3, -0.25) is 4.79 Å². The first-order valence-electron chi connectivity index (χ1n) is 7.51. The standard InChI is InChI=1S/C15H13BrN6O2/c16-9-4-5-11(10(6-9)13-19-21-22-20-13)17-14(23)12-7-24-15(18-12)8-2-1-3-8/h4-8H,1-3H2,(H,17,23)(H,19,20,21,22). The van der Waals surface area contributed by atoms with Crippen molar-refractivity contribution in [3.63, 3.8) is 0 Å². The highest BCUT2D eigenvalue weighted by Gasteiger charge is 2.25. The van der Waals surface area contributed by atoms with Crippen molar-refractivity contribution in [3.05, 3.63) is 40.5 Å². The first-order valence-corrected chi connectivity index (χ1v) is 8.30. The van der Waals surface area contributed by atoms with E-state index in [9.17, 15) is 4.79 Å². The van der Waals surface area contributed by atoms with Crippen molar-refractivity contribution < 1.29 is 9.21 Å². The third-order valence-electron chi connectivity index (χ3n) is 4.03. The van der Waals surface area contributed by atoms with Crippen LogP contribution < -0.4 is 5.32 Å². The van der Waals surface area contributed by atoms with Crippen LogP contribution in [-0.4, -0.2) is 31.5 Å². The van der Waals surface area contributed by atoms with Crippen molar-refractivity contribution in [2.45, 2.75) is 25.2 Å². The van der Waals surface area contributed by atoms with Crippen LogP contribution in [0.25, 0.3) is 11.4 Å². The van der Waals surface area contributed by atoms with E-state index in [1.165, 1.54) is 12.7 Å². The van der Waals surface area contributed by atoms with Gasteiger partial charge >= 0.3 is 0 Å². The van der Waals surface area contributed by atoms with Gasteiger partial charge in [-0.05, 0) is 36.3 Å². The summed E-state index contributed by atoms with van der Waals surface area (Å²) >= 11 is 3.40. The Kier molecular flexibility index (Phi) is 3.85. The molecule has 2 N–H and O–H groups in total. The van der Waals surface area contributed by atoms with Gasteiger partial charge < -0.3 is 9.73 Å². The number of H-pyrrole nitrogens is 1. The van der Waals surface area contributed by atoms with E-state index in [0.29, 0.717) is 28.9 Å². The Morgan fingerprint density at radius 3 is 2.96 bits per heavy atom. The molecule has 0 spiro atoms. The van der Waals surface area contributed by atoms with E-state index >= 15 is 0 Å². The van der Waals surface area contributed by atoms with Crippen LogP contribution in [0.2, 0.25) is 0 Å². The number of nitrogens with one attached hydrogen (secondary N) is 2. The third-order valence-corrected chi connectivity index (χ3v) is 4.52. The first-order chi connectivity index (χ1) is 11.7. The summed E-state index contributed by atoms with van der Waals surface area (Å²) in [5.41, 5.74) is 1.48. The summed E-state index contributed by atoms with van der Waals surface area (Å²) in [6.07, 6.45) is 4.71. The van der Waals surface area contributed by atoms with Gasteiger partial charge in [0.15, 0.2) is 11.6 Å². The van der Waals surface area contributed by atoms with E-state index in [2.05, 4.69) is 46.9 Å². The molecule has 2 aromatic heterocycles. The van der Waals surface area contributed by atoms with Crippen molar-refractivity contribution in [3.8, 4) is 11.4 Å². The fourth-order valence-corrected chi connectivity index (χ4v) is 2.87. The summed E-state index contributed by atoms with van der Waals surface area (Å²) in [6.45, 7) is 0. The second-order valence-corrected chi connectivity index (χ2v) is 6.49. The number of carbonyl (C=O) groups excluding carboxylic acids is 1.